The molecule has 1 atom stereocenters. The number of benzene rings is 1. The van der Waals surface area contributed by atoms with Gasteiger partial charge in [0.2, 0.25) is 0 Å². The normalized spacial score (nSPS) is 18.3. The van der Waals surface area contributed by atoms with E-state index in [4.69, 9.17) is 11.6 Å². The topological polar surface area (TPSA) is 6.48 Å². The minimum atomic E-state index is -0.700. The maximum Gasteiger partial charge on any atom is 0.112 e. The van der Waals surface area contributed by atoms with Crippen LogP contribution in [0.3, 0.4) is 0 Å². The van der Waals surface area contributed by atoms with Gasteiger partial charge in [-0.3, -0.25) is 4.90 Å². The van der Waals surface area contributed by atoms with E-state index in [2.05, 4.69) is 34.9 Å². The molecule has 0 bridgehead atoms. The molecule has 1 saturated heterocycles. The quantitative estimate of drug-likeness (QED) is 0.816. The first-order chi connectivity index (χ1) is 9.65. The lowest BCUT2D eigenvalue weighted by atomic mass is 10.1. The van der Waals surface area contributed by atoms with E-state index < -0.39 is 6.17 Å². The lowest BCUT2D eigenvalue weighted by Crippen LogP contribution is -2.48. The number of rotatable bonds is 5. The van der Waals surface area contributed by atoms with Crippen molar-refractivity contribution in [2.75, 3.05) is 37.6 Å². The van der Waals surface area contributed by atoms with Crippen LogP contribution in [0.15, 0.2) is 18.2 Å². The molecular weight excluding hydrogens is 275 g/mol. The Hall–Kier alpha value is -0.800. The van der Waals surface area contributed by atoms with Gasteiger partial charge in [-0.05, 0) is 24.5 Å². The van der Waals surface area contributed by atoms with E-state index in [0.29, 0.717) is 13.0 Å². The molecule has 4 heteroatoms. The lowest BCUT2D eigenvalue weighted by Gasteiger charge is -2.37. The van der Waals surface area contributed by atoms with Gasteiger partial charge in [0.05, 0.1) is 10.7 Å². The van der Waals surface area contributed by atoms with Crippen LogP contribution < -0.4 is 4.90 Å². The molecule has 1 aliphatic heterocycles. The van der Waals surface area contributed by atoms with Crippen molar-refractivity contribution < 1.29 is 4.39 Å². The van der Waals surface area contributed by atoms with E-state index in [-0.39, 0.29) is 0 Å². The Morgan fingerprint density at radius 2 is 1.90 bits per heavy atom. The Balaban J connectivity index is 1.97. The Labute approximate surface area is 126 Å². The second kappa shape index (κ2) is 7.28. The van der Waals surface area contributed by atoms with E-state index in [1.54, 1.807) is 0 Å². The average Bonchev–Trinajstić information content (AvgIpc) is 2.48. The zero-order chi connectivity index (χ0) is 14.5. The predicted molar refractivity (Wildman–Crippen MR) is 84.7 cm³/mol. The summed E-state index contributed by atoms with van der Waals surface area (Å²) in [6.07, 6.45) is 0.852. The largest absolute Gasteiger partial charge is 0.368 e. The SMILES string of the molecule is CCc1cccc(N2CCN(CC(F)CC)CC2)c1Cl. The molecule has 2 nitrogen and oxygen atoms in total. The fourth-order valence-corrected chi connectivity index (χ4v) is 3.04. The number of piperazine rings is 1. The van der Waals surface area contributed by atoms with E-state index >= 15 is 0 Å². The number of anilines is 1. The number of aryl methyl sites for hydroxylation is 1. The first-order valence-electron chi connectivity index (χ1n) is 7.54. The molecule has 0 saturated carbocycles. The van der Waals surface area contributed by atoms with Crippen LogP contribution in [0.5, 0.6) is 0 Å². The summed E-state index contributed by atoms with van der Waals surface area (Å²) in [5.74, 6) is 0. The van der Waals surface area contributed by atoms with Crippen molar-refractivity contribution in [3.63, 3.8) is 0 Å². The van der Waals surface area contributed by atoms with E-state index in [0.717, 1.165) is 43.3 Å². The second-order valence-corrected chi connectivity index (χ2v) is 5.77. The number of hydrogen-bond acceptors (Lipinski definition) is 2. The Kier molecular flexibility index (Phi) is 5.67. The van der Waals surface area contributed by atoms with Gasteiger partial charge in [0.25, 0.3) is 0 Å². The van der Waals surface area contributed by atoms with Crippen LogP contribution in [0.4, 0.5) is 10.1 Å². The summed E-state index contributed by atoms with van der Waals surface area (Å²) in [4.78, 5) is 4.53. The number of hydrogen-bond donors (Lipinski definition) is 0. The minimum Gasteiger partial charge on any atom is -0.368 e. The van der Waals surface area contributed by atoms with Crippen LogP contribution in [0.1, 0.15) is 25.8 Å². The van der Waals surface area contributed by atoms with E-state index in [1.165, 1.54) is 5.56 Å². The monoisotopic (exact) mass is 298 g/mol. The molecule has 1 heterocycles. The highest BCUT2D eigenvalue weighted by atomic mass is 35.5. The molecule has 1 unspecified atom stereocenters. The van der Waals surface area contributed by atoms with E-state index in [9.17, 15) is 4.39 Å². The van der Waals surface area contributed by atoms with Crippen molar-refractivity contribution in [1.82, 2.24) is 4.90 Å². The molecule has 0 aromatic heterocycles. The molecule has 0 N–H and O–H groups in total. The lowest BCUT2D eigenvalue weighted by molar-refractivity contribution is 0.180. The highest BCUT2D eigenvalue weighted by Gasteiger charge is 2.21. The van der Waals surface area contributed by atoms with Crippen LogP contribution in [-0.2, 0) is 6.42 Å². The third-order valence-corrected chi connectivity index (χ3v) is 4.49. The Bertz CT molecular complexity index is 430. The average molecular weight is 299 g/mol. The highest BCUT2D eigenvalue weighted by molar-refractivity contribution is 6.34. The summed E-state index contributed by atoms with van der Waals surface area (Å²) >= 11 is 6.47. The van der Waals surface area contributed by atoms with Gasteiger partial charge in [-0.2, -0.15) is 0 Å². The van der Waals surface area contributed by atoms with Gasteiger partial charge < -0.3 is 4.90 Å². The summed E-state index contributed by atoms with van der Waals surface area (Å²) in [6, 6.07) is 6.24. The number of halogens is 2. The van der Waals surface area contributed by atoms with Crippen molar-refractivity contribution in [1.29, 1.82) is 0 Å². The fraction of sp³-hybridized carbons (Fsp3) is 0.625. The van der Waals surface area contributed by atoms with Gasteiger partial charge in [0, 0.05) is 32.7 Å². The van der Waals surface area contributed by atoms with Crippen molar-refractivity contribution >= 4 is 17.3 Å². The van der Waals surface area contributed by atoms with Crippen molar-refractivity contribution in [2.45, 2.75) is 32.9 Å². The predicted octanol–water partition coefficient (Wildman–Crippen LogP) is 3.77. The molecule has 112 valence electrons. The van der Waals surface area contributed by atoms with Gasteiger partial charge in [-0.1, -0.05) is 37.6 Å². The van der Waals surface area contributed by atoms with Gasteiger partial charge in [-0.15, -0.1) is 0 Å². The molecule has 0 radical (unpaired) electrons. The van der Waals surface area contributed by atoms with Gasteiger partial charge >= 0.3 is 0 Å². The van der Waals surface area contributed by atoms with Gasteiger partial charge in [-0.25, -0.2) is 4.39 Å². The maximum absolute atomic E-state index is 13.4. The molecule has 0 spiro atoms. The van der Waals surface area contributed by atoms with Crippen LogP contribution in [-0.4, -0.2) is 43.8 Å². The zero-order valence-corrected chi connectivity index (χ0v) is 13.2. The fourth-order valence-electron chi connectivity index (χ4n) is 2.66. The first-order valence-corrected chi connectivity index (χ1v) is 7.92. The molecule has 0 aliphatic carbocycles. The first kappa shape index (κ1) is 15.6. The molecule has 1 fully saturated rings. The van der Waals surface area contributed by atoms with Crippen LogP contribution in [0, 0.1) is 0 Å². The number of alkyl halides is 1. The molecule has 1 aliphatic rings. The Morgan fingerprint density at radius 1 is 1.20 bits per heavy atom. The van der Waals surface area contributed by atoms with Gasteiger partial charge in [0.15, 0.2) is 0 Å². The van der Waals surface area contributed by atoms with Gasteiger partial charge in [0.1, 0.15) is 6.17 Å². The Morgan fingerprint density at radius 3 is 2.50 bits per heavy atom. The summed E-state index contributed by atoms with van der Waals surface area (Å²) in [5.41, 5.74) is 2.32. The molecular formula is C16H24ClFN2. The van der Waals surface area contributed by atoms with Crippen molar-refractivity contribution in [3.05, 3.63) is 28.8 Å². The zero-order valence-electron chi connectivity index (χ0n) is 12.4. The summed E-state index contributed by atoms with van der Waals surface area (Å²) in [7, 11) is 0. The van der Waals surface area contributed by atoms with Crippen molar-refractivity contribution in [2.24, 2.45) is 0 Å². The molecule has 1 aromatic carbocycles. The summed E-state index contributed by atoms with van der Waals surface area (Å²) in [6.45, 7) is 8.24. The standard InChI is InChI=1S/C16H24ClFN2/c1-3-13-6-5-7-15(16(13)17)20-10-8-19(9-11-20)12-14(18)4-2/h5-7,14H,3-4,8-12H2,1-2H3. The van der Waals surface area contributed by atoms with Crippen molar-refractivity contribution in [3.8, 4) is 0 Å². The van der Waals surface area contributed by atoms with Crippen LogP contribution in [0.25, 0.3) is 0 Å². The minimum absolute atomic E-state index is 0.563. The molecule has 1 aromatic rings. The molecule has 0 amide bonds. The highest BCUT2D eigenvalue weighted by Crippen LogP contribution is 2.30. The smallest absolute Gasteiger partial charge is 0.112 e. The second-order valence-electron chi connectivity index (χ2n) is 5.40. The number of nitrogens with zero attached hydrogens (tertiary/aromatic N) is 2. The summed E-state index contributed by atoms with van der Waals surface area (Å²) < 4.78 is 13.4. The molecule has 20 heavy (non-hydrogen) atoms. The van der Waals surface area contributed by atoms with E-state index in [1.807, 2.05) is 6.92 Å². The molecule has 2 rings (SSSR count). The van der Waals surface area contributed by atoms with Crippen LogP contribution >= 0.6 is 11.6 Å². The van der Waals surface area contributed by atoms with Crippen LogP contribution in [0.2, 0.25) is 5.02 Å². The maximum atomic E-state index is 13.4. The summed E-state index contributed by atoms with van der Waals surface area (Å²) in [5, 5.41) is 0.875. The third kappa shape index (κ3) is 3.64. The third-order valence-electron chi connectivity index (χ3n) is 4.05.